The quantitative estimate of drug-likeness (QED) is 0.537. The Bertz CT molecular complexity index is 1100. The Labute approximate surface area is 211 Å². The van der Waals surface area contributed by atoms with Crippen LogP contribution in [0.1, 0.15) is 50.5 Å². The Balaban J connectivity index is 1.10. The van der Waals surface area contributed by atoms with Crippen molar-refractivity contribution < 1.29 is 9.59 Å². The molecule has 1 aromatic heterocycles. The van der Waals surface area contributed by atoms with Crippen LogP contribution in [-0.2, 0) is 15.0 Å². The van der Waals surface area contributed by atoms with Crippen molar-refractivity contribution in [2.45, 2.75) is 56.4 Å². The van der Waals surface area contributed by atoms with Crippen molar-refractivity contribution >= 4 is 29.1 Å². The Morgan fingerprint density at radius 2 is 1.66 bits per heavy atom. The predicted octanol–water partition coefficient (Wildman–Crippen LogP) is 4.29. The molecule has 0 radical (unpaired) electrons. The van der Waals surface area contributed by atoms with Gasteiger partial charge in [0, 0.05) is 35.7 Å². The third-order valence-electron chi connectivity index (χ3n) is 9.34. The molecule has 6 nitrogen and oxygen atoms in total. The molecule has 0 saturated heterocycles. The van der Waals surface area contributed by atoms with Gasteiger partial charge in [-0.05, 0) is 98.4 Å². The molecule has 4 bridgehead atoms. The van der Waals surface area contributed by atoms with E-state index >= 15 is 0 Å². The number of amides is 2. The molecule has 2 amide bonds. The van der Waals surface area contributed by atoms with Crippen molar-refractivity contribution in [3.05, 3.63) is 59.4 Å². The lowest BCUT2D eigenvalue weighted by Gasteiger charge is -2.60. The molecule has 5 aliphatic rings. The van der Waals surface area contributed by atoms with Gasteiger partial charge in [0.15, 0.2) is 0 Å². The number of nitrogens with two attached hydrogens (primary N) is 1. The van der Waals surface area contributed by atoms with Crippen molar-refractivity contribution in [1.82, 2.24) is 10.3 Å². The number of rotatable bonds is 7. The summed E-state index contributed by atoms with van der Waals surface area (Å²) in [4.78, 5) is 30.6. The van der Waals surface area contributed by atoms with Crippen molar-refractivity contribution in [3.8, 4) is 0 Å². The normalized spacial score (nSPS) is 32.6. The number of nitrogens with one attached hydrogen (secondary N) is 2. The summed E-state index contributed by atoms with van der Waals surface area (Å²) in [5.41, 5.74) is 7.90. The van der Waals surface area contributed by atoms with Gasteiger partial charge in [-0.15, -0.1) is 0 Å². The molecule has 5 aliphatic carbocycles. The van der Waals surface area contributed by atoms with E-state index in [4.69, 9.17) is 17.3 Å². The number of nitrogens with zero attached hydrogens (tertiary/aromatic N) is 1. The third kappa shape index (κ3) is 4.05. The predicted molar refractivity (Wildman–Crippen MR) is 136 cm³/mol. The molecule has 3 unspecified atom stereocenters. The molecule has 7 heteroatoms. The highest BCUT2D eigenvalue weighted by Crippen LogP contribution is 2.63. The second-order valence-electron chi connectivity index (χ2n) is 11.5. The SMILES string of the molecule is NC(CNC(=O)C1(c2ccc(Cl)cc2)CC1)C1C2CC3CC1CC(C(=O)Nc1ccncc1)(C3)C2. The Kier molecular flexibility index (Phi) is 5.65. The summed E-state index contributed by atoms with van der Waals surface area (Å²) in [6.45, 7) is 0.493. The zero-order valence-corrected chi connectivity index (χ0v) is 20.6. The smallest absolute Gasteiger partial charge is 0.230 e. The third-order valence-corrected chi connectivity index (χ3v) is 9.59. The van der Waals surface area contributed by atoms with Gasteiger partial charge in [-0.3, -0.25) is 14.6 Å². The Morgan fingerprint density at radius 3 is 2.29 bits per heavy atom. The van der Waals surface area contributed by atoms with Crippen LogP contribution in [0.5, 0.6) is 0 Å². The molecule has 1 heterocycles. The van der Waals surface area contributed by atoms with Crippen molar-refractivity contribution in [3.63, 3.8) is 0 Å². The number of carbonyl (C=O) groups excluding carboxylic acids is 2. The van der Waals surface area contributed by atoms with Crippen LogP contribution >= 0.6 is 11.6 Å². The Morgan fingerprint density at radius 1 is 1.00 bits per heavy atom. The maximum absolute atomic E-state index is 13.4. The van der Waals surface area contributed by atoms with Gasteiger partial charge in [0.05, 0.1) is 10.8 Å². The monoisotopic (exact) mass is 492 g/mol. The maximum Gasteiger partial charge on any atom is 0.230 e. The zero-order valence-electron chi connectivity index (χ0n) is 19.9. The first-order valence-electron chi connectivity index (χ1n) is 12.9. The minimum Gasteiger partial charge on any atom is -0.354 e. The number of halogens is 1. The van der Waals surface area contributed by atoms with Gasteiger partial charge in [0.1, 0.15) is 0 Å². The molecule has 1 aromatic carbocycles. The van der Waals surface area contributed by atoms with E-state index in [2.05, 4.69) is 15.6 Å². The highest BCUT2D eigenvalue weighted by molar-refractivity contribution is 6.30. The number of pyridine rings is 1. The highest BCUT2D eigenvalue weighted by Gasteiger charge is 2.59. The molecule has 184 valence electrons. The highest BCUT2D eigenvalue weighted by atomic mass is 35.5. The number of carbonyl (C=O) groups is 2. The first kappa shape index (κ1) is 23.0. The van der Waals surface area contributed by atoms with E-state index in [0.717, 1.165) is 56.2 Å². The molecule has 2 aromatic rings. The first-order valence-corrected chi connectivity index (χ1v) is 13.3. The van der Waals surface area contributed by atoms with E-state index in [1.165, 1.54) is 0 Å². The van der Waals surface area contributed by atoms with Gasteiger partial charge in [-0.2, -0.15) is 0 Å². The summed E-state index contributed by atoms with van der Waals surface area (Å²) < 4.78 is 0. The summed E-state index contributed by atoms with van der Waals surface area (Å²) >= 11 is 6.04. The summed E-state index contributed by atoms with van der Waals surface area (Å²) in [5.74, 6) is 2.09. The van der Waals surface area contributed by atoms with Crippen molar-refractivity contribution in [2.75, 3.05) is 11.9 Å². The van der Waals surface area contributed by atoms with E-state index in [1.54, 1.807) is 12.4 Å². The summed E-state index contributed by atoms with van der Waals surface area (Å²) in [6, 6.07) is 11.2. The molecule has 5 saturated carbocycles. The molecule has 0 spiro atoms. The van der Waals surface area contributed by atoms with Gasteiger partial charge in [-0.1, -0.05) is 23.7 Å². The van der Waals surface area contributed by atoms with Crippen LogP contribution in [0.15, 0.2) is 48.8 Å². The summed E-state index contributed by atoms with van der Waals surface area (Å²) in [7, 11) is 0. The summed E-state index contributed by atoms with van der Waals surface area (Å²) in [6.07, 6.45) is 10.2. The molecule has 5 fully saturated rings. The van der Waals surface area contributed by atoms with Gasteiger partial charge in [0.2, 0.25) is 11.8 Å². The second-order valence-corrected chi connectivity index (χ2v) is 11.9. The van der Waals surface area contributed by atoms with E-state index in [1.807, 2.05) is 36.4 Å². The average Bonchev–Trinajstić information content (AvgIpc) is 3.65. The van der Waals surface area contributed by atoms with Crippen LogP contribution in [0.2, 0.25) is 5.02 Å². The fraction of sp³-hybridized carbons (Fsp3) is 0.536. The van der Waals surface area contributed by atoms with E-state index in [-0.39, 0.29) is 23.3 Å². The minimum atomic E-state index is -0.427. The van der Waals surface area contributed by atoms with Crippen LogP contribution in [0, 0.1) is 29.1 Å². The topological polar surface area (TPSA) is 97.1 Å². The lowest BCUT2D eigenvalue weighted by atomic mass is 9.45. The molecular weight excluding hydrogens is 460 g/mol. The van der Waals surface area contributed by atoms with Gasteiger partial charge < -0.3 is 16.4 Å². The van der Waals surface area contributed by atoms with E-state index in [0.29, 0.717) is 35.2 Å². The lowest BCUT2D eigenvalue weighted by molar-refractivity contribution is -0.149. The largest absolute Gasteiger partial charge is 0.354 e. The van der Waals surface area contributed by atoms with Gasteiger partial charge >= 0.3 is 0 Å². The molecule has 4 N–H and O–H groups in total. The van der Waals surface area contributed by atoms with Gasteiger partial charge in [-0.25, -0.2) is 0 Å². The lowest BCUT2D eigenvalue weighted by Crippen LogP contribution is -2.60. The van der Waals surface area contributed by atoms with Crippen molar-refractivity contribution in [1.29, 1.82) is 0 Å². The number of aromatic nitrogens is 1. The first-order chi connectivity index (χ1) is 16.9. The molecule has 0 aliphatic heterocycles. The number of hydrogen-bond donors (Lipinski definition) is 3. The number of benzene rings is 1. The van der Waals surface area contributed by atoms with Crippen LogP contribution in [-0.4, -0.2) is 29.4 Å². The van der Waals surface area contributed by atoms with E-state index in [9.17, 15) is 9.59 Å². The fourth-order valence-electron chi connectivity index (χ4n) is 7.80. The van der Waals surface area contributed by atoms with Crippen LogP contribution < -0.4 is 16.4 Å². The molecule has 35 heavy (non-hydrogen) atoms. The van der Waals surface area contributed by atoms with Crippen molar-refractivity contribution in [2.24, 2.45) is 34.8 Å². The summed E-state index contributed by atoms with van der Waals surface area (Å²) in [5, 5.41) is 7.02. The maximum atomic E-state index is 13.4. The standard InChI is InChI=1S/C28H33ClN4O2/c29-21-3-1-20(2-4-21)28(7-8-28)26(35)32-16-23(30)24-18-11-17-12-19(24)15-27(13-17,14-18)25(34)33-22-5-9-31-10-6-22/h1-6,9-10,17-19,23-24H,7-8,11-16,30H2,(H,32,35)(H,31,33,34). The minimum absolute atomic E-state index is 0.0762. The molecule has 7 rings (SSSR count). The zero-order chi connectivity index (χ0) is 24.2. The Hall–Kier alpha value is -2.44. The fourth-order valence-corrected chi connectivity index (χ4v) is 7.92. The molecule has 3 atom stereocenters. The number of hydrogen-bond acceptors (Lipinski definition) is 4. The van der Waals surface area contributed by atoms with E-state index < -0.39 is 5.41 Å². The van der Waals surface area contributed by atoms with Crippen LogP contribution in [0.4, 0.5) is 5.69 Å². The average molecular weight is 493 g/mol. The second kappa shape index (κ2) is 8.59. The van der Waals surface area contributed by atoms with Gasteiger partial charge in [0.25, 0.3) is 0 Å². The molecular formula is C28H33ClN4O2. The van der Waals surface area contributed by atoms with Crippen LogP contribution in [0.3, 0.4) is 0 Å². The number of anilines is 1. The van der Waals surface area contributed by atoms with Crippen LogP contribution in [0.25, 0.3) is 0 Å².